The van der Waals surface area contributed by atoms with Gasteiger partial charge in [0.1, 0.15) is 0 Å². The molecule has 8 radical (unpaired) electrons. The normalized spacial score (nSPS) is 0. The zero-order chi connectivity index (χ0) is 0. The van der Waals surface area contributed by atoms with Crippen molar-refractivity contribution in [3.05, 3.63) is 0 Å². The van der Waals surface area contributed by atoms with E-state index in [4.69, 9.17) is 0 Å². The molecule has 3 N–H and O–H groups in total. The van der Waals surface area contributed by atoms with E-state index in [0.717, 1.165) is 0 Å². The van der Waals surface area contributed by atoms with Crippen molar-refractivity contribution in [2.45, 2.75) is 0 Å². The van der Waals surface area contributed by atoms with Crippen LogP contribution in [0.3, 0.4) is 0 Å². The molecular weight excluding hydrogens is 258 g/mol. The number of hydrogen-bond acceptors (Lipinski definition) is 1. The average Bonchev–Trinajstić information content (AvgIpc) is 0. The summed E-state index contributed by atoms with van der Waals surface area (Å²) in [5.41, 5.74) is 0. The van der Waals surface area contributed by atoms with Crippen LogP contribution in [-0.4, -0.2) is 28.3 Å². The predicted octanol–water partition coefficient (Wildman–Crippen LogP) is -0.602. The minimum Gasteiger partial charge on any atom is -0.344 e. The van der Waals surface area contributed by atoms with E-state index in [9.17, 15) is 0 Å². The Balaban J connectivity index is 0. The summed E-state index contributed by atoms with van der Waals surface area (Å²) >= 11 is 0. The van der Waals surface area contributed by atoms with Crippen molar-refractivity contribution in [3.8, 4) is 0 Å². The Bertz CT molecular complexity index is 11.6. The first-order chi connectivity index (χ1) is 0. The van der Waals surface area contributed by atoms with E-state index in [0.29, 0.717) is 0 Å². The third-order valence-electron chi connectivity index (χ3n) is 0. The standard InChI is InChI=1S/Al.H3N.Pr.Si.Ti/h;1H3;;;. The first-order valence-electron chi connectivity index (χ1n) is 0. The molecule has 0 aromatic heterocycles. The van der Waals surface area contributed by atoms with Gasteiger partial charge >= 0.3 is 0 Å². The van der Waals surface area contributed by atoms with Crippen molar-refractivity contribution in [1.82, 2.24) is 6.15 Å². The van der Waals surface area contributed by atoms with E-state index in [-0.39, 0.29) is 97.5 Å². The van der Waals surface area contributed by atoms with Crippen LogP contribution >= 0.6 is 0 Å². The van der Waals surface area contributed by atoms with Gasteiger partial charge in [-0.25, -0.2) is 0 Å². The van der Waals surface area contributed by atoms with Gasteiger partial charge < -0.3 is 6.15 Å². The van der Waals surface area contributed by atoms with E-state index in [1.807, 2.05) is 0 Å². The average molecular weight is 261 g/mol. The van der Waals surface area contributed by atoms with Gasteiger partial charge in [0.25, 0.3) is 0 Å². The summed E-state index contributed by atoms with van der Waals surface area (Å²) in [6, 6.07) is 0. The van der Waals surface area contributed by atoms with Crippen molar-refractivity contribution < 1.29 is 63.0 Å². The fourth-order valence-electron chi connectivity index (χ4n) is 0. The van der Waals surface area contributed by atoms with Crippen LogP contribution in [0.2, 0.25) is 0 Å². The Hall–Kier alpha value is 2.79. The van der Waals surface area contributed by atoms with Gasteiger partial charge in [-0.1, -0.05) is 0 Å². The van der Waals surface area contributed by atoms with Crippen LogP contribution < -0.4 is 6.15 Å². The summed E-state index contributed by atoms with van der Waals surface area (Å²) in [6.07, 6.45) is 0. The predicted molar refractivity (Wildman–Crippen MR) is 16.5 cm³/mol. The molecule has 0 spiro atoms. The Labute approximate surface area is 95.6 Å². The van der Waals surface area contributed by atoms with Crippen LogP contribution in [0.25, 0.3) is 0 Å². The van der Waals surface area contributed by atoms with Crippen LogP contribution in [0, 0.1) is 41.3 Å². The molecular formula is H3AlNPrSiTi. The van der Waals surface area contributed by atoms with Crippen LogP contribution in [0.15, 0.2) is 0 Å². The molecule has 22 valence electrons. The van der Waals surface area contributed by atoms with E-state index >= 15 is 0 Å². The molecule has 0 saturated carbocycles. The van der Waals surface area contributed by atoms with Gasteiger partial charge in [0, 0.05) is 91.3 Å². The Morgan fingerprint density at radius 3 is 1.00 bits per heavy atom. The van der Waals surface area contributed by atoms with Crippen molar-refractivity contribution in [3.63, 3.8) is 0 Å². The largest absolute Gasteiger partial charge is 0.344 e. The Morgan fingerprint density at radius 1 is 1.00 bits per heavy atom. The molecule has 0 aliphatic carbocycles. The molecule has 5 heteroatoms. The van der Waals surface area contributed by atoms with E-state index in [2.05, 4.69) is 0 Å². The van der Waals surface area contributed by atoms with E-state index in [1.54, 1.807) is 0 Å². The first kappa shape index (κ1) is 46.2. The fraction of sp³-hybridized carbons (Fsp3) is 0. The minimum atomic E-state index is 0. The molecule has 0 fully saturated rings. The third kappa shape index (κ3) is 20.0. The summed E-state index contributed by atoms with van der Waals surface area (Å²) in [5.74, 6) is 0. The molecule has 0 heterocycles. The van der Waals surface area contributed by atoms with Gasteiger partial charge in [-0.3, -0.25) is 0 Å². The zero-order valence-electron chi connectivity index (χ0n) is 2.86. The SMILES string of the molecule is N.[Al].[Pr].[Si].[Ti]. The minimum absolute atomic E-state index is 0. The summed E-state index contributed by atoms with van der Waals surface area (Å²) in [7, 11) is 0. The quantitative estimate of drug-likeness (QED) is 0.580. The molecule has 0 unspecified atom stereocenters. The van der Waals surface area contributed by atoms with Crippen LogP contribution in [0.5, 0.6) is 0 Å². The number of rotatable bonds is 0. The van der Waals surface area contributed by atoms with E-state index in [1.165, 1.54) is 0 Å². The van der Waals surface area contributed by atoms with Gasteiger partial charge in [-0.2, -0.15) is 0 Å². The molecule has 1 nitrogen and oxygen atoms in total. The second-order valence-electron chi connectivity index (χ2n) is 0. The topological polar surface area (TPSA) is 35.0 Å². The Morgan fingerprint density at radius 2 is 1.00 bits per heavy atom. The van der Waals surface area contributed by atoms with Gasteiger partial charge in [0.15, 0.2) is 0 Å². The summed E-state index contributed by atoms with van der Waals surface area (Å²) in [4.78, 5) is 0. The summed E-state index contributed by atoms with van der Waals surface area (Å²) in [5, 5.41) is 0. The van der Waals surface area contributed by atoms with Crippen LogP contribution in [0.4, 0.5) is 0 Å². The smallest absolute Gasteiger partial charge is 0 e. The van der Waals surface area contributed by atoms with E-state index < -0.39 is 0 Å². The van der Waals surface area contributed by atoms with Crippen LogP contribution in [0.1, 0.15) is 0 Å². The first-order valence-corrected chi connectivity index (χ1v) is 0. The molecule has 0 aromatic rings. The van der Waals surface area contributed by atoms with Gasteiger partial charge in [-0.15, -0.1) is 0 Å². The molecule has 0 aliphatic rings. The Kier molecular flexibility index (Phi) is 270. The summed E-state index contributed by atoms with van der Waals surface area (Å²) in [6.45, 7) is 0. The van der Waals surface area contributed by atoms with Crippen molar-refractivity contribution >= 4 is 28.3 Å². The molecule has 0 amide bonds. The van der Waals surface area contributed by atoms with Gasteiger partial charge in [0.2, 0.25) is 0 Å². The summed E-state index contributed by atoms with van der Waals surface area (Å²) < 4.78 is 0. The van der Waals surface area contributed by atoms with Crippen molar-refractivity contribution in [2.75, 3.05) is 0 Å². The number of hydrogen-bond donors (Lipinski definition) is 1. The fourth-order valence-corrected chi connectivity index (χ4v) is 0. The molecule has 0 saturated heterocycles. The second-order valence-corrected chi connectivity index (χ2v) is 0. The monoisotopic (exact) mass is 261 g/mol. The maximum absolute atomic E-state index is 0. The molecule has 0 bridgehead atoms. The maximum Gasteiger partial charge on any atom is 0 e. The molecule has 0 aromatic carbocycles. The van der Waals surface area contributed by atoms with Crippen LogP contribution in [-0.2, 0) is 21.7 Å². The zero-order valence-corrected chi connectivity index (χ0v) is 10.3. The van der Waals surface area contributed by atoms with Gasteiger partial charge in [0.05, 0.1) is 0 Å². The van der Waals surface area contributed by atoms with Crippen molar-refractivity contribution in [1.29, 1.82) is 0 Å². The molecule has 0 rings (SSSR count). The van der Waals surface area contributed by atoms with Gasteiger partial charge in [-0.05, 0) is 0 Å². The molecule has 5 heavy (non-hydrogen) atoms. The second kappa shape index (κ2) is 29.3. The molecule has 0 aliphatic heterocycles. The third-order valence-corrected chi connectivity index (χ3v) is 0. The molecule has 0 atom stereocenters. The maximum atomic E-state index is 0. The van der Waals surface area contributed by atoms with Crippen molar-refractivity contribution in [2.24, 2.45) is 0 Å².